The van der Waals surface area contributed by atoms with Crippen molar-refractivity contribution in [3.8, 4) is 5.75 Å². The molecule has 0 saturated heterocycles. The Balaban J connectivity index is 1.56. The van der Waals surface area contributed by atoms with Gasteiger partial charge >= 0.3 is 0 Å². The molecule has 0 amide bonds. The first-order valence-electron chi connectivity index (χ1n) is 7.24. The lowest BCUT2D eigenvalue weighted by Crippen LogP contribution is -2.35. The molecule has 2 bridgehead atoms. The summed E-state index contributed by atoms with van der Waals surface area (Å²) < 4.78 is 0. The highest BCUT2D eigenvalue weighted by Gasteiger charge is 2.41. The van der Waals surface area contributed by atoms with E-state index in [1.807, 2.05) is 18.2 Å². The number of benzene rings is 1. The van der Waals surface area contributed by atoms with Crippen LogP contribution in [0.15, 0.2) is 24.3 Å². The van der Waals surface area contributed by atoms with Crippen molar-refractivity contribution in [1.82, 2.24) is 5.32 Å². The number of fused-ring (bicyclic) bond motifs is 2. The van der Waals surface area contributed by atoms with Gasteiger partial charge in [0.15, 0.2) is 0 Å². The van der Waals surface area contributed by atoms with Crippen molar-refractivity contribution in [3.05, 3.63) is 29.8 Å². The third-order valence-electron chi connectivity index (χ3n) is 5.04. The lowest BCUT2D eigenvalue weighted by atomic mass is 9.84. The number of hydrogen-bond donors (Lipinski definition) is 2. The number of aromatic hydroxyl groups is 1. The van der Waals surface area contributed by atoms with Gasteiger partial charge in [-0.15, -0.1) is 0 Å². The predicted octanol–water partition coefficient (Wildman–Crippen LogP) is 3.31. The molecule has 0 aliphatic heterocycles. The summed E-state index contributed by atoms with van der Waals surface area (Å²) in [7, 11) is 0. The Kier molecular flexibility index (Phi) is 3.29. The summed E-state index contributed by atoms with van der Waals surface area (Å²) >= 11 is 0. The van der Waals surface area contributed by atoms with Crippen LogP contribution in [0, 0.1) is 17.8 Å². The molecule has 0 radical (unpaired) electrons. The second-order valence-electron chi connectivity index (χ2n) is 6.14. The van der Waals surface area contributed by atoms with Crippen molar-refractivity contribution in [2.24, 2.45) is 17.8 Å². The van der Waals surface area contributed by atoms with Crippen molar-refractivity contribution >= 4 is 0 Å². The highest BCUT2D eigenvalue weighted by molar-refractivity contribution is 5.31. The van der Waals surface area contributed by atoms with Gasteiger partial charge in [0, 0.05) is 18.2 Å². The molecular formula is C16H23NO. The van der Waals surface area contributed by atoms with Crippen molar-refractivity contribution in [1.29, 1.82) is 0 Å². The fraction of sp³-hybridized carbons (Fsp3) is 0.625. The first-order valence-corrected chi connectivity index (χ1v) is 7.24. The third kappa shape index (κ3) is 2.26. The van der Waals surface area contributed by atoms with Gasteiger partial charge in [0.05, 0.1) is 0 Å². The minimum Gasteiger partial charge on any atom is -0.508 e. The third-order valence-corrected chi connectivity index (χ3v) is 5.04. The number of nitrogens with one attached hydrogen (secondary N) is 1. The van der Waals surface area contributed by atoms with Crippen LogP contribution in [0.5, 0.6) is 5.75 Å². The zero-order chi connectivity index (χ0) is 12.5. The molecule has 2 nitrogen and oxygen atoms in total. The Bertz CT molecular complexity index is 417. The topological polar surface area (TPSA) is 32.3 Å². The van der Waals surface area contributed by atoms with Crippen LogP contribution in [0.1, 0.15) is 38.2 Å². The molecule has 2 heteroatoms. The molecule has 0 heterocycles. The van der Waals surface area contributed by atoms with Crippen LogP contribution in [0.25, 0.3) is 0 Å². The average molecular weight is 245 g/mol. The Morgan fingerprint density at radius 3 is 2.78 bits per heavy atom. The number of rotatable bonds is 4. The van der Waals surface area contributed by atoms with Crippen LogP contribution in [0.2, 0.25) is 0 Å². The van der Waals surface area contributed by atoms with Gasteiger partial charge in [-0.3, -0.25) is 0 Å². The van der Waals surface area contributed by atoms with Gasteiger partial charge in [0.2, 0.25) is 0 Å². The van der Waals surface area contributed by atoms with Crippen LogP contribution in [0.4, 0.5) is 0 Å². The quantitative estimate of drug-likeness (QED) is 0.853. The average Bonchev–Trinajstić information content (AvgIpc) is 2.99. The zero-order valence-electron chi connectivity index (χ0n) is 11.1. The van der Waals surface area contributed by atoms with Gasteiger partial charge < -0.3 is 10.4 Å². The van der Waals surface area contributed by atoms with Gasteiger partial charge in [-0.05, 0) is 50.0 Å². The molecule has 0 aromatic heterocycles. The van der Waals surface area contributed by atoms with E-state index in [1.54, 1.807) is 6.07 Å². The molecule has 1 aromatic carbocycles. The number of phenols is 1. The Labute approximate surface area is 109 Å². The van der Waals surface area contributed by atoms with E-state index in [1.165, 1.54) is 25.7 Å². The van der Waals surface area contributed by atoms with E-state index < -0.39 is 0 Å². The number of para-hydroxylation sites is 1. The van der Waals surface area contributed by atoms with E-state index in [2.05, 4.69) is 12.2 Å². The van der Waals surface area contributed by atoms with Gasteiger partial charge in [0.1, 0.15) is 5.75 Å². The lowest BCUT2D eigenvalue weighted by molar-refractivity contribution is 0.259. The van der Waals surface area contributed by atoms with E-state index in [4.69, 9.17) is 0 Å². The van der Waals surface area contributed by atoms with Crippen LogP contribution >= 0.6 is 0 Å². The van der Waals surface area contributed by atoms with Gasteiger partial charge in [-0.2, -0.15) is 0 Å². The van der Waals surface area contributed by atoms with Crippen molar-refractivity contribution in [2.45, 2.75) is 45.2 Å². The Hall–Kier alpha value is -1.02. The molecule has 4 unspecified atom stereocenters. The smallest absolute Gasteiger partial charge is 0.120 e. The van der Waals surface area contributed by atoms with E-state index in [-0.39, 0.29) is 0 Å². The predicted molar refractivity (Wildman–Crippen MR) is 73.3 cm³/mol. The summed E-state index contributed by atoms with van der Waals surface area (Å²) in [4.78, 5) is 0. The van der Waals surface area contributed by atoms with E-state index in [0.717, 1.165) is 29.9 Å². The minimum absolute atomic E-state index is 0.408. The Morgan fingerprint density at radius 1 is 1.28 bits per heavy atom. The number of hydrogen-bond acceptors (Lipinski definition) is 2. The molecule has 2 aliphatic rings. The summed E-state index contributed by atoms with van der Waals surface area (Å²) in [5.74, 6) is 3.23. The summed E-state index contributed by atoms with van der Waals surface area (Å²) in [5, 5.41) is 13.4. The Morgan fingerprint density at radius 2 is 2.11 bits per heavy atom. The molecule has 18 heavy (non-hydrogen) atoms. The molecular weight excluding hydrogens is 222 g/mol. The maximum atomic E-state index is 9.75. The molecule has 3 rings (SSSR count). The first-order chi connectivity index (χ1) is 8.74. The van der Waals surface area contributed by atoms with Gasteiger partial charge in [0.25, 0.3) is 0 Å². The van der Waals surface area contributed by atoms with Gasteiger partial charge in [-0.1, -0.05) is 24.6 Å². The SMILES string of the molecule is CC(NCc1ccccc1O)C1CC2CCC1C2. The van der Waals surface area contributed by atoms with Gasteiger partial charge in [-0.25, -0.2) is 0 Å². The maximum absolute atomic E-state index is 9.75. The summed E-state index contributed by atoms with van der Waals surface area (Å²) in [6.07, 6.45) is 5.79. The molecule has 2 saturated carbocycles. The highest BCUT2D eigenvalue weighted by Crippen LogP contribution is 2.49. The van der Waals surface area contributed by atoms with E-state index >= 15 is 0 Å². The summed E-state index contributed by atoms with van der Waals surface area (Å²) in [5.41, 5.74) is 1.01. The summed E-state index contributed by atoms with van der Waals surface area (Å²) in [6.45, 7) is 3.09. The molecule has 4 atom stereocenters. The van der Waals surface area contributed by atoms with Crippen LogP contribution in [-0.2, 0) is 6.54 Å². The van der Waals surface area contributed by atoms with Crippen LogP contribution in [-0.4, -0.2) is 11.1 Å². The minimum atomic E-state index is 0.408. The molecule has 0 spiro atoms. The fourth-order valence-electron chi connectivity index (χ4n) is 3.99. The molecule has 2 fully saturated rings. The normalized spacial score (nSPS) is 31.7. The van der Waals surface area contributed by atoms with Crippen molar-refractivity contribution in [3.63, 3.8) is 0 Å². The van der Waals surface area contributed by atoms with Crippen LogP contribution in [0.3, 0.4) is 0 Å². The van der Waals surface area contributed by atoms with E-state index in [0.29, 0.717) is 11.8 Å². The fourth-order valence-corrected chi connectivity index (χ4v) is 3.99. The largest absolute Gasteiger partial charge is 0.508 e. The highest BCUT2D eigenvalue weighted by atomic mass is 16.3. The second kappa shape index (κ2) is 4.93. The lowest BCUT2D eigenvalue weighted by Gasteiger charge is -2.28. The molecule has 2 aliphatic carbocycles. The van der Waals surface area contributed by atoms with Crippen molar-refractivity contribution < 1.29 is 5.11 Å². The van der Waals surface area contributed by atoms with E-state index in [9.17, 15) is 5.11 Å². The van der Waals surface area contributed by atoms with Crippen LogP contribution < -0.4 is 5.32 Å². The monoisotopic (exact) mass is 245 g/mol. The molecule has 98 valence electrons. The maximum Gasteiger partial charge on any atom is 0.120 e. The molecule has 1 aromatic rings. The molecule has 2 N–H and O–H groups in total. The first kappa shape index (κ1) is 12.0. The second-order valence-corrected chi connectivity index (χ2v) is 6.14. The number of phenolic OH excluding ortho intramolecular Hbond substituents is 1. The summed E-state index contributed by atoms with van der Waals surface area (Å²) in [6, 6.07) is 8.19. The zero-order valence-corrected chi connectivity index (χ0v) is 11.1. The van der Waals surface area contributed by atoms with Crippen molar-refractivity contribution in [2.75, 3.05) is 0 Å². The standard InChI is InChI=1S/C16H23NO/c1-11(15-9-12-6-7-13(15)8-12)17-10-14-4-2-3-5-16(14)18/h2-5,11-13,15,17-18H,6-10H2,1H3.